The molecular weight excluding hydrogens is 268 g/mol. The van der Waals surface area contributed by atoms with Crippen molar-refractivity contribution in [1.82, 2.24) is 5.32 Å². The second kappa shape index (κ2) is 8.32. The molecular formula is C16H26N2OS. The Hall–Kier alpha value is -1.00. The molecule has 1 aromatic carbocycles. The number of aryl methyl sites for hydroxylation is 1. The Balaban J connectivity index is 2.41. The average Bonchev–Trinajstić information content (AvgIpc) is 2.43. The highest BCUT2D eigenvalue weighted by molar-refractivity contribution is 7.98. The summed E-state index contributed by atoms with van der Waals surface area (Å²) in [6.07, 6.45) is 1.76. The van der Waals surface area contributed by atoms with Crippen molar-refractivity contribution < 1.29 is 4.79 Å². The quantitative estimate of drug-likeness (QED) is 0.689. The van der Waals surface area contributed by atoms with Gasteiger partial charge in [0.1, 0.15) is 0 Å². The molecule has 0 saturated heterocycles. The number of nitrogens with one attached hydrogen (secondary N) is 1. The molecule has 4 heteroatoms. The molecule has 0 spiro atoms. The minimum Gasteiger partial charge on any atom is -0.368 e. The van der Waals surface area contributed by atoms with Crippen LogP contribution in [-0.2, 0) is 10.5 Å². The number of hydrogen-bond donors (Lipinski definition) is 2. The Labute approximate surface area is 126 Å². The number of nitrogens with two attached hydrogens (primary N) is 1. The molecule has 0 aliphatic rings. The molecule has 0 radical (unpaired) electrons. The summed E-state index contributed by atoms with van der Waals surface area (Å²) in [7, 11) is 0. The highest BCUT2D eigenvalue weighted by Gasteiger charge is 2.29. The van der Waals surface area contributed by atoms with E-state index in [1.54, 1.807) is 0 Å². The van der Waals surface area contributed by atoms with E-state index in [4.69, 9.17) is 5.73 Å². The lowest BCUT2D eigenvalue weighted by molar-refractivity contribution is -0.123. The Morgan fingerprint density at radius 1 is 1.40 bits per heavy atom. The molecule has 1 rings (SSSR count). The maximum Gasteiger partial charge on any atom is 0.237 e. The van der Waals surface area contributed by atoms with Gasteiger partial charge in [0.25, 0.3) is 0 Å². The van der Waals surface area contributed by atoms with Gasteiger partial charge >= 0.3 is 0 Å². The zero-order chi connectivity index (χ0) is 15.0. The highest BCUT2D eigenvalue weighted by Crippen LogP contribution is 2.19. The van der Waals surface area contributed by atoms with Crippen LogP contribution >= 0.6 is 11.8 Å². The third kappa shape index (κ3) is 5.17. The van der Waals surface area contributed by atoms with Crippen LogP contribution in [0.15, 0.2) is 24.3 Å². The minimum atomic E-state index is -0.589. The van der Waals surface area contributed by atoms with Crippen molar-refractivity contribution in [2.75, 3.05) is 12.3 Å². The van der Waals surface area contributed by atoms with E-state index < -0.39 is 5.54 Å². The number of benzene rings is 1. The zero-order valence-corrected chi connectivity index (χ0v) is 13.6. The second-order valence-corrected chi connectivity index (χ2v) is 6.46. The number of rotatable bonds is 9. The van der Waals surface area contributed by atoms with Crippen LogP contribution in [0, 0.1) is 6.92 Å². The SMILES string of the molecule is CCCNC(C)(CCSCc1ccccc1C)C(N)=O. The summed E-state index contributed by atoms with van der Waals surface area (Å²) in [4.78, 5) is 11.6. The molecule has 0 bridgehead atoms. The van der Waals surface area contributed by atoms with E-state index in [0.717, 1.165) is 30.9 Å². The number of carbonyl (C=O) groups excluding carboxylic acids is 1. The van der Waals surface area contributed by atoms with Gasteiger partial charge < -0.3 is 11.1 Å². The first kappa shape index (κ1) is 17.1. The lowest BCUT2D eigenvalue weighted by Crippen LogP contribution is -2.53. The summed E-state index contributed by atoms with van der Waals surface area (Å²) >= 11 is 1.85. The van der Waals surface area contributed by atoms with E-state index in [9.17, 15) is 4.79 Å². The van der Waals surface area contributed by atoms with E-state index in [1.807, 2.05) is 18.7 Å². The fraction of sp³-hybridized carbons (Fsp3) is 0.562. The molecule has 0 fully saturated rings. The van der Waals surface area contributed by atoms with Crippen molar-refractivity contribution in [2.24, 2.45) is 5.73 Å². The zero-order valence-electron chi connectivity index (χ0n) is 12.7. The van der Waals surface area contributed by atoms with E-state index in [2.05, 4.69) is 43.4 Å². The first-order valence-electron chi connectivity index (χ1n) is 7.17. The highest BCUT2D eigenvalue weighted by atomic mass is 32.2. The van der Waals surface area contributed by atoms with Gasteiger partial charge in [-0.25, -0.2) is 0 Å². The Morgan fingerprint density at radius 3 is 2.70 bits per heavy atom. The van der Waals surface area contributed by atoms with Gasteiger partial charge in [0, 0.05) is 5.75 Å². The number of primary amides is 1. The summed E-state index contributed by atoms with van der Waals surface area (Å²) in [6, 6.07) is 8.42. The van der Waals surface area contributed by atoms with Gasteiger partial charge in [0.15, 0.2) is 0 Å². The standard InChI is InChI=1S/C16H26N2OS/c1-4-10-18-16(3,15(17)19)9-11-20-12-14-8-6-5-7-13(14)2/h5-8,18H,4,9-12H2,1-3H3,(H2,17,19). The molecule has 0 aliphatic heterocycles. The summed E-state index contributed by atoms with van der Waals surface area (Å²) < 4.78 is 0. The third-order valence-corrected chi connectivity index (χ3v) is 4.58. The summed E-state index contributed by atoms with van der Waals surface area (Å²) in [5.74, 6) is 1.64. The fourth-order valence-corrected chi connectivity index (χ4v) is 3.17. The van der Waals surface area contributed by atoms with Gasteiger partial charge in [0.05, 0.1) is 5.54 Å². The first-order chi connectivity index (χ1) is 9.49. The molecule has 3 nitrogen and oxygen atoms in total. The monoisotopic (exact) mass is 294 g/mol. The van der Waals surface area contributed by atoms with Crippen LogP contribution in [-0.4, -0.2) is 23.7 Å². The van der Waals surface area contributed by atoms with E-state index in [1.165, 1.54) is 11.1 Å². The average molecular weight is 294 g/mol. The molecule has 0 aromatic heterocycles. The van der Waals surface area contributed by atoms with Crippen LogP contribution < -0.4 is 11.1 Å². The molecule has 20 heavy (non-hydrogen) atoms. The van der Waals surface area contributed by atoms with Crippen molar-refractivity contribution in [2.45, 2.75) is 44.9 Å². The van der Waals surface area contributed by atoms with Gasteiger partial charge in [-0.3, -0.25) is 4.79 Å². The molecule has 3 N–H and O–H groups in total. The van der Waals surface area contributed by atoms with Crippen molar-refractivity contribution in [3.63, 3.8) is 0 Å². The summed E-state index contributed by atoms with van der Waals surface area (Å²) in [6.45, 7) is 6.94. The van der Waals surface area contributed by atoms with Crippen molar-refractivity contribution >= 4 is 17.7 Å². The normalized spacial score (nSPS) is 13.9. The molecule has 1 atom stereocenters. The lowest BCUT2D eigenvalue weighted by atomic mass is 9.98. The maximum atomic E-state index is 11.6. The van der Waals surface area contributed by atoms with Crippen molar-refractivity contribution in [3.05, 3.63) is 35.4 Å². The molecule has 1 amide bonds. The predicted octanol–water partition coefficient (Wildman–Crippen LogP) is 2.86. The lowest BCUT2D eigenvalue weighted by Gasteiger charge is -2.27. The predicted molar refractivity (Wildman–Crippen MR) is 87.9 cm³/mol. The van der Waals surface area contributed by atoms with Crippen molar-refractivity contribution in [1.29, 1.82) is 0 Å². The summed E-state index contributed by atoms with van der Waals surface area (Å²) in [5, 5.41) is 3.27. The van der Waals surface area contributed by atoms with Gasteiger partial charge in [0.2, 0.25) is 5.91 Å². The number of amides is 1. The largest absolute Gasteiger partial charge is 0.368 e. The van der Waals surface area contributed by atoms with Gasteiger partial charge in [-0.15, -0.1) is 0 Å². The molecule has 112 valence electrons. The fourth-order valence-electron chi connectivity index (χ4n) is 1.93. The van der Waals surface area contributed by atoms with Crippen LogP contribution in [0.5, 0.6) is 0 Å². The molecule has 0 aliphatic carbocycles. The van der Waals surface area contributed by atoms with Crippen LogP contribution in [0.2, 0.25) is 0 Å². The van der Waals surface area contributed by atoms with Gasteiger partial charge in [-0.05, 0) is 50.1 Å². The Kier molecular flexibility index (Phi) is 7.10. The summed E-state index contributed by atoms with van der Waals surface area (Å²) in [5.41, 5.74) is 7.61. The Morgan fingerprint density at radius 2 is 2.10 bits per heavy atom. The van der Waals surface area contributed by atoms with Crippen molar-refractivity contribution in [3.8, 4) is 0 Å². The number of carbonyl (C=O) groups is 1. The minimum absolute atomic E-state index is 0.262. The van der Waals surface area contributed by atoms with Crippen LogP contribution in [0.1, 0.15) is 37.8 Å². The van der Waals surface area contributed by atoms with E-state index in [0.29, 0.717) is 0 Å². The number of hydrogen-bond acceptors (Lipinski definition) is 3. The van der Waals surface area contributed by atoms with Crippen LogP contribution in [0.4, 0.5) is 0 Å². The second-order valence-electron chi connectivity index (χ2n) is 5.35. The van der Waals surface area contributed by atoms with Crippen LogP contribution in [0.25, 0.3) is 0 Å². The first-order valence-corrected chi connectivity index (χ1v) is 8.32. The van der Waals surface area contributed by atoms with Gasteiger partial charge in [-0.1, -0.05) is 31.2 Å². The topological polar surface area (TPSA) is 55.1 Å². The molecule has 0 heterocycles. The van der Waals surface area contributed by atoms with Gasteiger partial charge in [-0.2, -0.15) is 11.8 Å². The molecule has 1 unspecified atom stereocenters. The van der Waals surface area contributed by atoms with Crippen LogP contribution in [0.3, 0.4) is 0 Å². The maximum absolute atomic E-state index is 11.6. The number of thioether (sulfide) groups is 1. The van der Waals surface area contributed by atoms with E-state index >= 15 is 0 Å². The Bertz CT molecular complexity index is 436. The molecule has 0 saturated carbocycles. The van der Waals surface area contributed by atoms with E-state index in [-0.39, 0.29) is 5.91 Å². The molecule has 1 aromatic rings. The third-order valence-electron chi connectivity index (χ3n) is 3.57. The smallest absolute Gasteiger partial charge is 0.237 e.